The van der Waals surface area contributed by atoms with Crippen LogP contribution < -0.4 is 19.7 Å². The van der Waals surface area contributed by atoms with E-state index in [0.717, 1.165) is 54.8 Å². The molecule has 4 heterocycles. The van der Waals surface area contributed by atoms with Gasteiger partial charge in [-0.2, -0.15) is 0 Å². The number of rotatable bonds is 5. The summed E-state index contributed by atoms with van der Waals surface area (Å²) in [7, 11) is 0. The fourth-order valence-corrected chi connectivity index (χ4v) is 5.30. The summed E-state index contributed by atoms with van der Waals surface area (Å²) in [5, 5.41) is 4.57. The number of carbonyl (C=O) groups is 1. The molecule has 3 unspecified atom stereocenters. The van der Waals surface area contributed by atoms with Gasteiger partial charge >= 0.3 is 0 Å². The van der Waals surface area contributed by atoms with Crippen molar-refractivity contribution in [1.82, 2.24) is 15.2 Å². The number of nitrogens with one attached hydrogen (secondary N) is 1. The third-order valence-electron chi connectivity index (χ3n) is 6.87. The van der Waals surface area contributed by atoms with Crippen molar-refractivity contribution in [2.24, 2.45) is 0 Å². The van der Waals surface area contributed by atoms with E-state index in [1.165, 1.54) is 5.56 Å². The smallest absolute Gasteiger partial charge is 0.187 e. The summed E-state index contributed by atoms with van der Waals surface area (Å²) in [6.45, 7) is 5.34. The number of piperazine rings is 1. The van der Waals surface area contributed by atoms with Crippen LogP contribution in [0.4, 0.5) is 5.69 Å². The lowest BCUT2D eigenvalue weighted by Crippen LogP contribution is -2.49. The second kappa shape index (κ2) is 9.21. The Hall–Kier alpha value is -3.20. The van der Waals surface area contributed by atoms with Gasteiger partial charge in [0.15, 0.2) is 24.0 Å². The monoisotopic (exact) mass is 460 g/mol. The van der Waals surface area contributed by atoms with Gasteiger partial charge in [-0.05, 0) is 29.8 Å². The van der Waals surface area contributed by atoms with E-state index in [4.69, 9.17) is 14.2 Å². The van der Waals surface area contributed by atoms with Crippen LogP contribution in [0.5, 0.6) is 11.5 Å². The van der Waals surface area contributed by atoms with Crippen LogP contribution in [-0.4, -0.2) is 74.4 Å². The minimum Gasteiger partial charge on any atom is -0.486 e. The normalized spacial score (nSPS) is 23.7. The minimum atomic E-state index is -0.661. The van der Waals surface area contributed by atoms with E-state index in [2.05, 4.69) is 27.3 Å². The summed E-state index contributed by atoms with van der Waals surface area (Å²) in [5.74, 6) is 1.44. The summed E-state index contributed by atoms with van der Waals surface area (Å²) in [4.78, 5) is 21.2. The molecule has 0 bridgehead atoms. The van der Waals surface area contributed by atoms with Crippen molar-refractivity contribution >= 4 is 22.9 Å². The molecule has 3 aliphatic heterocycles. The molecule has 1 N–H and O–H groups in total. The minimum absolute atomic E-state index is 0.000314. The number of benzene rings is 2. The molecule has 0 radical (unpaired) electrons. The molecule has 0 spiro atoms. The third kappa shape index (κ3) is 3.87. The van der Waals surface area contributed by atoms with Gasteiger partial charge < -0.3 is 24.4 Å². The molecule has 2 fully saturated rings. The largest absolute Gasteiger partial charge is 0.486 e. The molecule has 6 rings (SSSR count). The Labute approximate surface area is 198 Å². The molecule has 8 heteroatoms. The zero-order valence-electron chi connectivity index (χ0n) is 18.9. The lowest BCUT2D eigenvalue weighted by Gasteiger charge is -2.38. The van der Waals surface area contributed by atoms with Crippen molar-refractivity contribution in [2.75, 3.05) is 50.8 Å². The van der Waals surface area contributed by atoms with E-state index < -0.39 is 6.23 Å². The number of aldehydes is 1. The molecule has 0 aliphatic carbocycles. The van der Waals surface area contributed by atoms with Crippen molar-refractivity contribution in [1.29, 1.82) is 0 Å². The molecular weight excluding hydrogens is 432 g/mol. The Kier molecular flexibility index (Phi) is 5.78. The number of fused-ring (bicyclic) bond motifs is 2. The van der Waals surface area contributed by atoms with Gasteiger partial charge in [-0.1, -0.05) is 18.2 Å². The van der Waals surface area contributed by atoms with Crippen molar-refractivity contribution in [3.8, 4) is 11.5 Å². The lowest BCUT2D eigenvalue weighted by molar-refractivity contribution is -0.119. The highest BCUT2D eigenvalue weighted by atomic mass is 16.6. The van der Waals surface area contributed by atoms with E-state index in [9.17, 15) is 4.79 Å². The van der Waals surface area contributed by atoms with Crippen LogP contribution in [0, 0.1) is 0 Å². The summed E-state index contributed by atoms with van der Waals surface area (Å²) >= 11 is 0. The summed E-state index contributed by atoms with van der Waals surface area (Å²) in [6, 6.07) is 16.1. The Morgan fingerprint density at radius 1 is 1.03 bits per heavy atom. The number of ether oxygens (including phenoxy) is 3. The number of para-hydroxylation sites is 1. The fourth-order valence-electron chi connectivity index (χ4n) is 5.30. The Bertz CT molecular complexity index is 1180. The van der Waals surface area contributed by atoms with Crippen LogP contribution in [0.15, 0.2) is 54.7 Å². The van der Waals surface area contributed by atoms with E-state index in [1.807, 2.05) is 47.5 Å². The highest BCUT2D eigenvalue weighted by molar-refractivity contribution is 5.82. The van der Waals surface area contributed by atoms with Crippen LogP contribution in [-0.2, 0) is 9.53 Å². The van der Waals surface area contributed by atoms with Crippen LogP contribution in [0.3, 0.4) is 0 Å². The average molecular weight is 461 g/mol. The molecule has 3 atom stereocenters. The quantitative estimate of drug-likeness (QED) is 0.582. The van der Waals surface area contributed by atoms with Gasteiger partial charge in [0, 0.05) is 56.1 Å². The Morgan fingerprint density at radius 3 is 2.71 bits per heavy atom. The first kappa shape index (κ1) is 21.3. The first-order valence-electron chi connectivity index (χ1n) is 11.9. The molecular formula is C26H28N4O4. The van der Waals surface area contributed by atoms with E-state index in [1.54, 1.807) is 0 Å². The molecule has 176 valence electrons. The van der Waals surface area contributed by atoms with Gasteiger partial charge in [-0.15, -0.1) is 0 Å². The number of nitrogens with zero attached hydrogens (tertiary/aromatic N) is 3. The van der Waals surface area contributed by atoms with Gasteiger partial charge in [0.1, 0.15) is 13.2 Å². The number of hydrogen-bond donors (Lipinski definition) is 1. The zero-order chi connectivity index (χ0) is 22.9. The molecule has 3 aliphatic rings. The summed E-state index contributed by atoms with van der Waals surface area (Å²) in [6.07, 6.45) is 1.91. The average Bonchev–Trinajstić information content (AvgIpc) is 3.33. The number of carbonyl (C=O) groups excluding carboxylic acids is 1. The Morgan fingerprint density at radius 2 is 1.85 bits per heavy atom. The number of aromatic nitrogens is 1. The van der Waals surface area contributed by atoms with Crippen molar-refractivity contribution in [3.63, 3.8) is 0 Å². The zero-order valence-corrected chi connectivity index (χ0v) is 18.9. The van der Waals surface area contributed by atoms with Crippen LogP contribution in [0.1, 0.15) is 11.6 Å². The van der Waals surface area contributed by atoms with Crippen LogP contribution in [0.25, 0.3) is 10.9 Å². The van der Waals surface area contributed by atoms with E-state index >= 15 is 0 Å². The molecule has 0 amide bonds. The van der Waals surface area contributed by atoms with Gasteiger partial charge in [0.25, 0.3) is 0 Å². The van der Waals surface area contributed by atoms with Crippen molar-refractivity contribution in [2.45, 2.75) is 18.4 Å². The Balaban J connectivity index is 1.37. The molecule has 8 nitrogen and oxygen atoms in total. The lowest BCUT2D eigenvalue weighted by atomic mass is 9.95. The molecule has 1 aromatic heterocycles. The summed E-state index contributed by atoms with van der Waals surface area (Å²) < 4.78 is 17.9. The summed E-state index contributed by atoms with van der Waals surface area (Å²) in [5.41, 5.74) is 3.04. The first-order valence-corrected chi connectivity index (χ1v) is 11.9. The number of anilines is 1. The van der Waals surface area contributed by atoms with Gasteiger partial charge in [-0.3, -0.25) is 14.7 Å². The van der Waals surface area contributed by atoms with Gasteiger partial charge in [-0.25, -0.2) is 0 Å². The highest BCUT2D eigenvalue weighted by Crippen LogP contribution is 2.39. The number of pyridine rings is 1. The van der Waals surface area contributed by atoms with Crippen molar-refractivity contribution in [3.05, 3.63) is 60.3 Å². The molecule has 2 aromatic carbocycles. The predicted octanol–water partition coefficient (Wildman–Crippen LogP) is 2.38. The first-order chi connectivity index (χ1) is 16.8. The number of hydrogen-bond acceptors (Lipinski definition) is 8. The van der Waals surface area contributed by atoms with Crippen LogP contribution in [0.2, 0.25) is 0 Å². The third-order valence-corrected chi connectivity index (χ3v) is 6.87. The predicted molar refractivity (Wildman–Crippen MR) is 128 cm³/mol. The molecule has 3 aromatic rings. The van der Waals surface area contributed by atoms with E-state index in [-0.39, 0.29) is 12.1 Å². The van der Waals surface area contributed by atoms with Crippen LogP contribution >= 0.6 is 0 Å². The fraction of sp³-hybridized carbons (Fsp3) is 0.385. The van der Waals surface area contributed by atoms with Crippen molar-refractivity contribution < 1.29 is 19.0 Å². The van der Waals surface area contributed by atoms with E-state index in [0.29, 0.717) is 25.5 Å². The molecule has 34 heavy (non-hydrogen) atoms. The van der Waals surface area contributed by atoms with Gasteiger partial charge in [0.2, 0.25) is 0 Å². The molecule has 2 saturated heterocycles. The SMILES string of the molecule is O=CC1OC(C(c2ccnc3ccccc23)N2CCNCC2)CN1c1ccc2c(c1)OCCO2. The van der Waals surface area contributed by atoms with Gasteiger partial charge in [0.05, 0.1) is 17.7 Å². The maximum atomic E-state index is 12.1. The standard InChI is InChI=1S/C26H28N4O4/c31-17-25-30(18-5-6-22-23(15-18)33-14-13-32-22)16-24(34-25)26(29-11-9-27-10-12-29)20-7-8-28-21-4-2-1-3-19(20)21/h1-8,15,17,24-27H,9-14,16H2. The maximum absolute atomic E-state index is 12.1. The maximum Gasteiger partial charge on any atom is 0.187 e. The topological polar surface area (TPSA) is 76.2 Å². The second-order valence-electron chi connectivity index (χ2n) is 8.83. The highest BCUT2D eigenvalue weighted by Gasteiger charge is 2.41. The second-order valence-corrected chi connectivity index (χ2v) is 8.83. The molecule has 0 saturated carbocycles.